The number of nitrogens with zero attached hydrogens (tertiary/aromatic N) is 1. The molecule has 1 saturated carbocycles. The molecule has 0 amide bonds. The molecule has 7 heteroatoms. The Morgan fingerprint density at radius 1 is 1.12 bits per heavy atom. The fourth-order valence-corrected chi connectivity index (χ4v) is 7.99. The number of fused-ring (bicyclic) bond motifs is 1. The predicted molar refractivity (Wildman–Crippen MR) is 124 cm³/mol. The molecular weight excluding hydrogens is 422 g/mol. The summed E-state index contributed by atoms with van der Waals surface area (Å²) in [6, 6.07) is 4.40. The van der Waals surface area contributed by atoms with Crippen molar-refractivity contribution in [1.29, 1.82) is 0 Å². The lowest BCUT2D eigenvalue weighted by Gasteiger charge is -2.64. The third-order valence-corrected chi connectivity index (χ3v) is 14.0. The summed E-state index contributed by atoms with van der Waals surface area (Å²) in [7, 11) is 0.0763. The van der Waals surface area contributed by atoms with Crippen molar-refractivity contribution in [3.63, 3.8) is 0 Å². The van der Waals surface area contributed by atoms with Crippen molar-refractivity contribution in [3.8, 4) is 11.5 Å². The van der Waals surface area contributed by atoms with Crippen LogP contribution in [0.25, 0.3) is 0 Å². The molecule has 5 aliphatic rings. The normalized spacial score (nSPS) is 37.3. The maximum absolute atomic E-state index is 12.4. The molecule has 6 rings (SSSR count). The smallest absolute Gasteiger partial charge is 0.250 e. The molecule has 0 radical (unpaired) electrons. The summed E-state index contributed by atoms with van der Waals surface area (Å²) in [5, 5.41) is 12.5. The Morgan fingerprint density at radius 2 is 1.84 bits per heavy atom. The highest BCUT2D eigenvalue weighted by Gasteiger charge is 2.77. The van der Waals surface area contributed by atoms with E-state index in [2.05, 4.69) is 57.9 Å². The van der Waals surface area contributed by atoms with Gasteiger partial charge in [-0.15, -0.1) is 0 Å². The van der Waals surface area contributed by atoms with Crippen LogP contribution in [0.4, 0.5) is 0 Å². The molecule has 176 valence electrons. The Labute approximate surface area is 192 Å². The molecule has 3 aliphatic heterocycles. The second-order valence-corrected chi connectivity index (χ2v) is 16.9. The largest absolute Gasteiger partial charge is 0.541 e. The molecule has 32 heavy (non-hydrogen) atoms. The number of hydrogen-bond donors (Lipinski definition) is 1. The van der Waals surface area contributed by atoms with Gasteiger partial charge in [-0.3, -0.25) is 0 Å². The first-order valence-corrected chi connectivity index (χ1v) is 15.1. The van der Waals surface area contributed by atoms with E-state index >= 15 is 0 Å². The zero-order valence-electron chi connectivity index (χ0n) is 20.3. The minimum absolute atomic E-state index is 0.0757. The maximum atomic E-state index is 12.4. The Balaban J connectivity index is 1.56. The first kappa shape index (κ1) is 21.4. The number of hydrogen-bond acceptors (Lipinski definition) is 6. The van der Waals surface area contributed by atoms with Crippen molar-refractivity contribution in [3.05, 3.63) is 23.3 Å². The van der Waals surface area contributed by atoms with Gasteiger partial charge in [-0.05, 0) is 62.6 Å². The van der Waals surface area contributed by atoms with E-state index in [4.69, 9.17) is 18.6 Å². The zero-order valence-corrected chi connectivity index (χ0v) is 21.3. The highest BCUT2D eigenvalue weighted by Crippen LogP contribution is 2.68. The monoisotopic (exact) mass is 459 g/mol. The Morgan fingerprint density at radius 3 is 2.53 bits per heavy atom. The number of benzene rings is 1. The van der Waals surface area contributed by atoms with Crippen LogP contribution < -0.4 is 9.16 Å². The van der Waals surface area contributed by atoms with Gasteiger partial charge in [-0.2, -0.15) is 0 Å². The van der Waals surface area contributed by atoms with Gasteiger partial charge in [-0.1, -0.05) is 26.8 Å². The molecule has 1 N–H and O–H groups in total. The van der Waals surface area contributed by atoms with Crippen molar-refractivity contribution in [2.24, 2.45) is 0 Å². The molecule has 2 aliphatic carbocycles. The van der Waals surface area contributed by atoms with Crippen LogP contribution in [0.2, 0.25) is 18.1 Å². The lowest BCUT2D eigenvalue weighted by Crippen LogP contribution is -2.79. The lowest BCUT2D eigenvalue weighted by molar-refractivity contribution is -0.295. The Bertz CT molecular complexity index is 968. The first-order chi connectivity index (χ1) is 15.0. The molecule has 2 bridgehead atoms. The quantitative estimate of drug-likeness (QED) is 0.682. The van der Waals surface area contributed by atoms with Gasteiger partial charge in [0.2, 0.25) is 5.79 Å². The molecule has 2 saturated heterocycles. The van der Waals surface area contributed by atoms with Gasteiger partial charge in [0.1, 0.15) is 5.75 Å². The molecule has 1 aromatic rings. The van der Waals surface area contributed by atoms with Crippen LogP contribution in [0, 0.1) is 0 Å². The van der Waals surface area contributed by atoms with Gasteiger partial charge in [-0.25, -0.2) is 0 Å². The standard InChI is InChI=1S/C25H37NO5Si/c1-22(2,3)32(5,6)31-17-8-7-16-15-18-24(27)9-10-25(28-13-14-29-25)21-23(24,11-12-26(18)4)19(16)20(17)30-21/h7-8,18,21,27H,9-15H2,1-6H3/t18?,21?,23?,24-/m1/s1. The molecule has 3 heterocycles. The van der Waals surface area contributed by atoms with E-state index in [-0.39, 0.29) is 17.2 Å². The van der Waals surface area contributed by atoms with Gasteiger partial charge in [0, 0.05) is 18.0 Å². The van der Waals surface area contributed by atoms with Crippen molar-refractivity contribution < 1.29 is 23.7 Å². The Kier molecular flexibility index (Phi) is 4.22. The minimum atomic E-state index is -2.07. The summed E-state index contributed by atoms with van der Waals surface area (Å²) in [4.78, 5) is 2.34. The number of likely N-dealkylation sites (N-methyl/N-ethyl adjacent to an activating group) is 1. The van der Waals surface area contributed by atoms with Crippen LogP contribution in [0.3, 0.4) is 0 Å². The van der Waals surface area contributed by atoms with Crippen LogP contribution in [0.15, 0.2) is 12.1 Å². The topological polar surface area (TPSA) is 60.4 Å². The molecule has 0 aromatic heterocycles. The lowest BCUT2D eigenvalue weighted by atomic mass is 9.48. The highest BCUT2D eigenvalue weighted by molar-refractivity contribution is 6.74. The van der Waals surface area contributed by atoms with Gasteiger partial charge in [0.25, 0.3) is 8.32 Å². The summed E-state index contributed by atoms with van der Waals surface area (Å²) in [6.45, 7) is 13.4. The van der Waals surface area contributed by atoms with Crippen molar-refractivity contribution in [2.45, 2.75) is 93.5 Å². The third kappa shape index (κ3) is 2.39. The summed E-state index contributed by atoms with van der Waals surface area (Å²) >= 11 is 0. The van der Waals surface area contributed by atoms with Crippen LogP contribution in [-0.4, -0.2) is 68.7 Å². The van der Waals surface area contributed by atoms with E-state index in [1.807, 2.05) is 0 Å². The minimum Gasteiger partial charge on any atom is -0.541 e. The molecular formula is C25H37NO5Si. The van der Waals surface area contributed by atoms with Gasteiger partial charge in [0.05, 0.1) is 24.2 Å². The summed E-state index contributed by atoms with van der Waals surface area (Å²) in [5.41, 5.74) is 1.06. The Hall–Kier alpha value is -1.12. The van der Waals surface area contributed by atoms with Gasteiger partial charge < -0.3 is 28.6 Å². The van der Waals surface area contributed by atoms with E-state index in [1.165, 1.54) is 11.1 Å². The summed E-state index contributed by atoms with van der Waals surface area (Å²) in [5.74, 6) is 0.875. The zero-order chi connectivity index (χ0) is 22.7. The van der Waals surface area contributed by atoms with E-state index < -0.39 is 25.1 Å². The number of ether oxygens (including phenoxy) is 3. The SMILES string of the molecule is CN1CCC23c4c5ccc(O[Si](C)(C)C(C)(C)C)c4OC2C2(CC[C@@]3(O)C1C5)OCCO2. The highest BCUT2D eigenvalue weighted by atomic mass is 28.4. The summed E-state index contributed by atoms with van der Waals surface area (Å²) in [6.07, 6.45) is 2.63. The second-order valence-electron chi connectivity index (χ2n) is 12.1. The van der Waals surface area contributed by atoms with Crippen molar-refractivity contribution in [1.82, 2.24) is 4.90 Å². The van der Waals surface area contributed by atoms with Crippen LogP contribution in [0.1, 0.15) is 51.2 Å². The molecule has 2 spiro atoms. The number of piperidine rings is 1. The first-order valence-electron chi connectivity index (χ1n) is 12.2. The molecule has 6 nitrogen and oxygen atoms in total. The second kappa shape index (κ2) is 6.30. The average Bonchev–Trinajstić information content (AvgIpc) is 3.31. The number of likely N-dealkylation sites (tertiary alicyclic amines) is 1. The van der Waals surface area contributed by atoms with Crippen LogP contribution >= 0.6 is 0 Å². The van der Waals surface area contributed by atoms with Gasteiger partial charge >= 0.3 is 0 Å². The van der Waals surface area contributed by atoms with Crippen LogP contribution in [0.5, 0.6) is 11.5 Å². The van der Waals surface area contributed by atoms with E-state index in [1.54, 1.807) is 0 Å². The van der Waals surface area contributed by atoms with Gasteiger partial charge in [0.15, 0.2) is 11.9 Å². The van der Waals surface area contributed by atoms with E-state index in [9.17, 15) is 5.11 Å². The molecule has 3 unspecified atom stereocenters. The number of aliphatic hydroxyl groups is 1. The predicted octanol–water partition coefficient (Wildman–Crippen LogP) is 3.60. The third-order valence-electron chi connectivity index (χ3n) is 9.67. The fourth-order valence-electron chi connectivity index (χ4n) is 6.97. The summed E-state index contributed by atoms with van der Waals surface area (Å²) < 4.78 is 26.3. The molecule has 1 aromatic carbocycles. The number of rotatable bonds is 2. The van der Waals surface area contributed by atoms with Crippen molar-refractivity contribution >= 4 is 8.32 Å². The molecule has 3 fully saturated rings. The fraction of sp³-hybridized carbons (Fsp3) is 0.760. The van der Waals surface area contributed by atoms with Crippen LogP contribution in [-0.2, 0) is 21.3 Å². The van der Waals surface area contributed by atoms with E-state index in [0.717, 1.165) is 30.9 Å². The molecule has 4 atom stereocenters. The van der Waals surface area contributed by atoms with E-state index in [0.29, 0.717) is 26.1 Å². The maximum Gasteiger partial charge on any atom is 0.250 e. The average molecular weight is 460 g/mol. The van der Waals surface area contributed by atoms with Crippen molar-refractivity contribution in [2.75, 3.05) is 26.8 Å².